The molecule has 112 valence electrons. The Morgan fingerprint density at radius 1 is 1.05 bits per heavy atom. The van der Waals surface area contributed by atoms with Crippen LogP contribution in [0.15, 0.2) is 60.7 Å². The fourth-order valence-electron chi connectivity index (χ4n) is 3.07. The Hall–Kier alpha value is -2.42. The van der Waals surface area contributed by atoms with Gasteiger partial charge in [0.1, 0.15) is 11.9 Å². The monoisotopic (exact) mass is 294 g/mol. The molecule has 3 rings (SSSR count). The van der Waals surface area contributed by atoms with Gasteiger partial charge in [-0.05, 0) is 31.0 Å². The van der Waals surface area contributed by atoms with Crippen molar-refractivity contribution >= 4 is 11.8 Å². The largest absolute Gasteiger partial charge is 0.457 e. The second-order valence-corrected chi connectivity index (χ2v) is 5.79. The first kappa shape index (κ1) is 14.5. The maximum Gasteiger partial charge on any atom is 0.338 e. The molecule has 0 amide bonds. The van der Waals surface area contributed by atoms with Gasteiger partial charge in [-0.3, -0.25) is 4.79 Å². The van der Waals surface area contributed by atoms with Crippen LogP contribution >= 0.6 is 0 Å². The highest BCUT2D eigenvalue weighted by molar-refractivity contribution is 5.94. The number of carbonyl (C=O) groups is 2. The zero-order valence-corrected chi connectivity index (χ0v) is 12.5. The lowest BCUT2D eigenvalue weighted by molar-refractivity contribution is -0.123. The van der Waals surface area contributed by atoms with E-state index in [1.54, 1.807) is 24.3 Å². The molecule has 0 spiro atoms. The van der Waals surface area contributed by atoms with E-state index in [1.165, 1.54) is 0 Å². The molecule has 3 heteroatoms. The SMILES string of the molecule is C[C@@]1(c2ccccc2)C(=O)CC[C@@H]1OC(=O)c1ccccc1. The Labute approximate surface area is 129 Å². The molecule has 0 heterocycles. The van der Waals surface area contributed by atoms with Gasteiger partial charge in [0.15, 0.2) is 0 Å². The molecule has 1 fully saturated rings. The second-order valence-electron chi connectivity index (χ2n) is 5.79. The highest BCUT2D eigenvalue weighted by Crippen LogP contribution is 2.40. The first-order chi connectivity index (χ1) is 10.6. The average molecular weight is 294 g/mol. The Balaban J connectivity index is 1.87. The van der Waals surface area contributed by atoms with E-state index in [4.69, 9.17) is 4.74 Å². The first-order valence-corrected chi connectivity index (χ1v) is 7.47. The summed E-state index contributed by atoms with van der Waals surface area (Å²) in [5.41, 5.74) is 0.659. The molecule has 0 unspecified atom stereocenters. The average Bonchev–Trinajstić information content (AvgIpc) is 2.86. The van der Waals surface area contributed by atoms with Gasteiger partial charge in [0.25, 0.3) is 0 Å². The van der Waals surface area contributed by atoms with Crippen LogP contribution in [0.3, 0.4) is 0 Å². The molecule has 2 aromatic rings. The summed E-state index contributed by atoms with van der Waals surface area (Å²) in [6, 6.07) is 18.5. The molecule has 1 aliphatic carbocycles. The number of carbonyl (C=O) groups excluding carboxylic acids is 2. The molecule has 22 heavy (non-hydrogen) atoms. The van der Waals surface area contributed by atoms with Gasteiger partial charge in [-0.2, -0.15) is 0 Å². The molecule has 2 aromatic carbocycles. The number of hydrogen-bond acceptors (Lipinski definition) is 3. The molecule has 1 saturated carbocycles. The predicted molar refractivity (Wildman–Crippen MR) is 83.7 cm³/mol. The van der Waals surface area contributed by atoms with E-state index in [1.807, 2.05) is 43.3 Å². The zero-order valence-electron chi connectivity index (χ0n) is 12.5. The van der Waals surface area contributed by atoms with Gasteiger partial charge in [0.2, 0.25) is 0 Å². The highest BCUT2D eigenvalue weighted by Gasteiger charge is 2.49. The van der Waals surface area contributed by atoms with Gasteiger partial charge in [0.05, 0.1) is 11.0 Å². The zero-order chi connectivity index (χ0) is 15.6. The molecule has 0 aliphatic heterocycles. The summed E-state index contributed by atoms with van der Waals surface area (Å²) in [5, 5.41) is 0. The maximum absolute atomic E-state index is 12.4. The second kappa shape index (κ2) is 5.76. The van der Waals surface area contributed by atoms with E-state index in [0.717, 1.165) is 5.56 Å². The summed E-state index contributed by atoms with van der Waals surface area (Å²) >= 11 is 0. The number of rotatable bonds is 3. The number of Topliss-reactive ketones (excluding diaryl/α,β-unsaturated/α-hetero) is 1. The first-order valence-electron chi connectivity index (χ1n) is 7.47. The number of esters is 1. The van der Waals surface area contributed by atoms with Crippen LogP contribution < -0.4 is 0 Å². The third-order valence-corrected chi connectivity index (χ3v) is 4.49. The summed E-state index contributed by atoms with van der Waals surface area (Å²) in [4.78, 5) is 24.7. The maximum atomic E-state index is 12.4. The van der Waals surface area contributed by atoms with Crippen molar-refractivity contribution in [2.75, 3.05) is 0 Å². The van der Waals surface area contributed by atoms with Gasteiger partial charge in [-0.15, -0.1) is 0 Å². The van der Waals surface area contributed by atoms with Crippen LogP contribution in [0.25, 0.3) is 0 Å². The number of ether oxygens (including phenoxy) is 1. The summed E-state index contributed by atoms with van der Waals surface area (Å²) in [7, 11) is 0. The third kappa shape index (κ3) is 2.43. The predicted octanol–water partition coefficient (Wildman–Crippen LogP) is 3.53. The van der Waals surface area contributed by atoms with Crippen LogP contribution in [-0.4, -0.2) is 17.9 Å². The van der Waals surface area contributed by atoms with Crippen LogP contribution in [0.2, 0.25) is 0 Å². The van der Waals surface area contributed by atoms with E-state index < -0.39 is 11.5 Å². The quantitative estimate of drug-likeness (QED) is 0.813. The van der Waals surface area contributed by atoms with E-state index in [-0.39, 0.29) is 11.8 Å². The number of hydrogen-bond donors (Lipinski definition) is 0. The van der Waals surface area contributed by atoms with Crippen LogP contribution in [0.1, 0.15) is 35.7 Å². The van der Waals surface area contributed by atoms with Crippen LogP contribution in [-0.2, 0) is 14.9 Å². The van der Waals surface area contributed by atoms with E-state index in [9.17, 15) is 9.59 Å². The molecule has 0 saturated heterocycles. The molecule has 1 aliphatic rings. The van der Waals surface area contributed by atoms with Crippen molar-refractivity contribution in [3.63, 3.8) is 0 Å². The van der Waals surface area contributed by atoms with Gasteiger partial charge < -0.3 is 4.74 Å². The number of ketones is 1. The normalized spacial score (nSPS) is 24.2. The fraction of sp³-hybridized carbons (Fsp3) is 0.263. The minimum absolute atomic E-state index is 0.129. The van der Waals surface area contributed by atoms with Crippen LogP contribution in [0, 0.1) is 0 Å². The molecule has 0 bridgehead atoms. The number of benzene rings is 2. The van der Waals surface area contributed by atoms with Crippen LogP contribution in [0.5, 0.6) is 0 Å². The lowest BCUT2D eigenvalue weighted by Crippen LogP contribution is -2.40. The molecular weight excluding hydrogens is 276 g/mol. The molecule has 3 nitrogen and oxygen atoms in total. The smallest absolute Gasteiger partial charge is 0.338 e. The third-order valence-electron chi connectivity index (χ3n) is 4.49. The minimum Gasteiger partial charge on any atom is -0.457 e. The van der Waals surface area contributed by atoms with Gasteiger partial charge in [-0.1, -0.05) is 48.5 Å². The topological polar surface area (TPSA) is 43.4 Å². The van der Waals surface area contributed by atoms with Crippen molar-refractivity contribution in [3.05, 3.63) is 71.8 Å². The van der Waals surface area contributed by atoms with Gasteiger partial charge in [-0.25, -0.2) is 4.79 Å². The van der Waals surface area contributed by atoms with Crippen LogP contribution in [0.4, 0.5) is 0 Å². The summed E-state index contributed by atoms with van der Waals surface area (Å²) in [5.74, 6) is -0.244. The molecule has 0 aromatic heterocycles. The summed E-state index contributed by atoms with van der Waals surface area (Å²) in [6.07, 6.45) is 0.594. The minimum atomic E-state index is -0.758. The van der Waals surface area contributed by atoms with Gasteiger partial charge >= 0.3 is 5.97 Å². The van der Waals surface area contributed by atoms with Crippen molar-refractivity contribution in [2.24, 2.45) is 0 Å². The Kier molecular flexibility index (Phi) is 3.80. The van der Waals surface area contributed by atoms with Crippen molar-refractivity contribution in [3.8, 4) is 0 Å². The van der Waals surface area contributed by atoms with Crippen molar-refractivity contribution in [2.45, 2.75) is 31.3 Å². The fourth-order valence-corrected chi connectivity index (χ4v) is 3.07. The molecule has 0 radical (unpaired) electrons. The molecular formula is C19H18O3. The summed E-state index contributed by atoms with van der Waals surface area (Å²) in [6.45, 7) is 1.88. The standard InChI is InChI=1S/C19H18O3/c1-19(15-10-6-3-7-11-15)16(20)12-13-17(19)22-18(21)14-8-4-2-5-9-14/h2-11,17H,12-13H2,1H3/t17-,19+/m0/s1. The lowest BCUT2D eigenvalue weighted by Gasteiger charge is -2.30. The van der Waals surface area contributed by atoms with Gasteiger partial charge in [0, 0.05) is 6.42 Å². The van der Waals surface area contributed by atoms with E-state index in [0.29, 0.717) is 18.4 Å². The summed E-state index contributed by atoms with van der Waals surface area (Å²) < 4.78 is 5.68. The van der Waals surface area contributed by atoms with Crippen molar-refractivity contribution in [1.29, 1.82) is 0 Å². The van der Waals surface area contributed by atoms with E-state index in [2.05, 4.69) is 0 Å². The Morgan fingerprint density at radius 3 is 2.27 bits per heavy atom. The van der Waals surface area contributed by atoms with Crippen molar-refractivity contribution in [1.82, 2.24) is 0 Å². The highest BCUT2D eigenvalue weighted by atomic mass is 16.5. The van der Waals surface area contributed by atoms with Crippen molar-refractivity contribution < 1.29 is 14.3 Å². The Bertz CT molecular complexity index is 678. The Morgan fingerprint density at radius 2 is 1.64 bits per heavy atom. The van der Waals surface area contributed by atoms with E-state index >= 15 is 0 Å². The molecule has 0 N–H and O–H groups in total. The molecule has 2 atom stereocenters. The lowest BCUT2D eigenvalue weighted by atomic mass is 9.78.